The molecule has 0 aliphatic carbocycles. The van der Waals surface area contributed by atoms with Crippen LogP contribution in [0.4, 0.5) is 0 Å². The van der Waals surface area contributed by atoms with E-state index in [4.69, 9.17) is 4.74 Å². The maximum atomic E-state index is 12.4. The topological polar surface area (TPSA) is 171 Å². The third-order valence-electron chi connectivity index (χ3n) is 6.50. The van der Waals surface area contributed by atoms with Gasteiger partial charge in [0.25, 0.3) is 0 Å². The zero-order valence-electron chi connectivity index (χ0n) is 22.4. The smallest absolute Gasteiger partial charge is 0.321 e. The van der Waals surface area contributed by atoms with E-state index in [1.807, 2.05) is 19.1 Å². The van der Waals surface area contributed by atoms with Crippen LogP contribution in [0.1, 0.15) is 18.9 Å². The molecule has 0 radical (unpaired) electrons. The maximum Gasteiger partial charge on any atom is 0.321 e. The molecule has 1 fully saturated rings. The molecule has 1 aromatic rings. The zero-order chi connectivity index (χ0) is 28.8. The Kier molecular flexibility index (Phi) is 13.6. The number of carbonyl (C=O) groups is 4. The molecule has 1 atom stereocenters. The van der Waals surface area contributed by atoms with Gasteiger partial charge in [-0.25, -0.2) is 0 Å². The largest absolute Gasteiger partial charge is 0.494 e. The first kappa shape index (κ1) is 32.0. The highest BCUT2D eigenvalue weighted by atomic mass is 16.5. The molecule has 218 valence electrons. The van der Waals surface area contributed by atoms with Crippen LogP contribution >= 0.6 is 0 Å². The summed E-state index contributed by atoms with van der Waals surface area (Å²) in [7, 11) is 0. The zero-order valence-corrected chi connectivity index (χ0v) is 22.4. The van der Waals surface area contributed by atoms with Crippen LogP contribution in [0.2, 0.25) is 0 Å². The van der Waals surface area contributed by atoms with Gasteiger partial charge in [0.05, 0.1) is 26.2 Å². The molecule has 1 aromatic carbocycles. The van der Waals surface area contributed by atoms with Gasteiger partial charge < -0.3 is 25.2 Å². The predicted octanol–water partition coefficient (Wildman–Crippen LogP) is -0.0535. The molecule has 1 saturated heterocycles. The van der Waals surface area contributed by atoms with Crippen molar-refractivity contribution in [3.8, 4) is 5.75 Å². The van der Waals surface area contributed by atoms with Crippen molar-refractivity contribution < 1.29 is 44.3 Å². The number of carboxylic acids is 4. The second kappa shape index (κ2) is 16.6. The minimum Gasteiger partial charge on any atom is -0.494 e. The van der Waals surface area contributed by atoms with Crippen molar-refractivity contribution in [1.29, 1.82) is 0 Å². The molecule has 1 unspecified atom stereocenters. The van der Waals surface area contributed by atoms with Crippen molar-refractivity contribution in [2.24, 2.45) is 0 Å². The minimum atomic E-state index is -1.04. The van der Waals surface area contributed by atoms with E-state index in [0.717, 1.165) is 12.0 Å². The Morgan fingerprint density at radius 3 is 1.49 bits per heavy atom. The molecule has 0 aromatic heterocycles. The van der Waals surface area contributed by atoms with Crippen LogP contribution in [0.3, 0.4) is 0 Å². The maximum absolute atomic E-state index is 12.4. The number of benzene rings is 1. The van der Waals surface area contributed by atoms with Crippen LogP contribution in [0.5, 0.6) is 5.75 Å². The van der Waals surface area contributed by atoms with Gasteiger partial charge in [-0.3, -0.25) is 38.8 Å². The summed E-state index contributed by atoms with van der Waals surface area (Å²) in [4.78, 5) is 53.4. The number of carboxylic acid groups (broad SMARTS) is 4. The summed E-state index contributed by atoms with van der Waals surface area (Å²) in [6.07, 6.45) is 1.07. The third-order valence-corrected chi connectivity index (χ3v) is 6.50. The fraction of sp³-hybridized carbons (Fsp3) is 0.615. The first-order valence-electron chi connectivity index (χ1n) is 13.1. The lowest BCUT2D eigenvalue weighted by Crippen LogP contribution is -2.52. The number of ether oxygens (including phenoxy) is 1. The molecule has 2 rings (SSSR count). The Hall–Kier alpha value is -3.26. The second-order valence-electron chi connectivity index (χ2n) is 9.60. The molecular formula is C26H40N4O9. The fourth-order valence-corrected chi connectivity index (χ4v) is 4.45. The Morgan fingerprint density at radius 2 is 1.13 bits per heavy atom. The van der Waals surface area contributed by atoms with Gasteiger partial charge >= 0.3 is 23.9 Å². The van der Waals surface area contributed by atoms with E-state index in [1.54, 1.807) is 31.7 Å². The summed E-state index contributed by atoms with van der Waals surface area (Å²) >= 11 is 0. The highest BCUT2D eigenvalue weighted by Gasteiger charge is 2.28. The summed E-state index contributed by atoms with van der Waals surface area (Å²) in [5.74, 6) is -3.44. The van der Waals surface area contributed by atoms with Gasteiger partial charge in [-0.1, -0.05) is 19.1 Å². The van der Waals surface area contributed by atoms with Crippen molar-refractivity contribution in [2.75, 3.05) is 78.6 Å². The number of nitrogens with zero attached hydrogens (tertiary/aromatic N) is 4. The van der Waals surface area contributed by atoms with Crippen molar-refractivity contribution in [3.63, 3.8) is 0 Å². The van der Waals surface area contributed by atoms with Gasteiger partial charge in [0, 0.05) is 52.4 Å². The van der Waals surface area contributed by atoms with Crippen LogP contribution < -0.4 is 4.74 Å². The second-order valence-corrected chi connectivity index (χ2v) is 9.60. The van der Waals surface area contributed by atoms with E-state index in [9.17, 15) is 39.6 Å². The lowest BCUT2D eigenvalue weighted by molar-refractivity contribution is -0.144. The highest BCUT2D eigenvalue weighted by molar-refractivity contribution is 5.74. The lowest BCUT2D eigenvalue weighted by atomic mass is 10.0. The molecule has 0 spiro atoms. The summed E-state index contributed by atoms with van der Waals surface area (Å²) in [6, 6.07) is 6.32. The summed E-state index contributed by atoms with van der Waals surface area (Å²) in [6.45, 7) is 3.86. The van der Waals surface area contributed by atoms with Gasteiger partial charge in [0.15, 0.2) is 0 Å². The summed E-state index contributed by atoms with van der Waals surface area (Å²) in [5, 5.41) is 38.2. The van der Waals surface area contributed by atoms with Crippen LogP contribution in [-0.4, -0.2) is 149 Å². The summed E-state index contributed by atoms with van der Waals surface area (Å²) < 4.78 is 5.60. The molecule has 0 bridgehead atoms. The standard InChI is InChI=1S/C26H40N4O9/c1-2-15-39-21-5-3-20(4-6-21)16-22(26(37)38)30-13-11-28(18-24(33)34)9-7-27(17-23(31)32)8-10-29(12-14-30)19-25(35)36/h3-6,22H,2,7-19H2,1H3,(H,31,32)(H,33,34)(H,35,36)(H,37,38). The number of hydrogen-bond acceptors (Lipinski definition) is 9. The van der Waals surface area contributed by atoms with Crippen molar-refractivity contribution in [3.05, 3.63) is 29.8 Å². The molecule has 0 amide bonds. The SMILES string of the molecule is CCCOc1ccc(CC(C(=O)O)N2CCN(CC(=O)O)CCN(CC(=O)O)CCN(CC(=O)O)CC2)cc1. The molecule has 1 aliphatic heterocycles. The summed E-state index contributed by atoms with van der Waals surface area (Å²) in [5.41, 5.74) is 0.798. The van der Waals surface area contributed by atoms with Gasteiger partial charge in [0.2, 0.25) is 0 Å². The molecule has 1 heterocycles. The van der Waals surface area contributed by atoms with E-state index >= 15 is 0 Å². The molecule has 0 saturated carbocycles. The Labute approximate surface area is 228 Å². The van der Waals surface area contributed by atoms with Crippen LogP contribution in [0.25, 0.3) is 0 Å². The van der Waals surface area contributed by atoms with Crippen LogP contribution in [-0.2, 0) is 25.6 Å². The monoisotopic (exact) mass is 552 g/mol. The average molecular weight is 553 g/mol. The van der Waals surface area contributed by atoms with Gasteiger partial charge in [0.1, 0.15) is 11.8 Å². The number of rotatable bonds is 13. The minimum absolute atomic E-state index is 0.202. The quantitative estimate of drug-likeness (QED) is 0.257. The lowest BCUT2D eigenvalue weighted by Gasteiger charge is -2.35. The van der Waals surface area contributed by atoms with Crippen LogP contribution in [0, 0.1) is 0 Å². The van der Waals surface area contributed by atoms with E-state index < -0.39 is 29.9 Å². The van der Waals surface area contributed by atoms with E-state index in [-0.39, 0.29) is 78.4 Å². The molecule has 13 nitrogen and oxygen atoms in total. The molecule has 39 heavy (non-hydrogen) atoms. The van der Waals surface area contributed by atoms with E-state index in [1.165, 1.54) is 0 Å². The van der Waals surface area contributed by atoms with Crippen molar-refractivity contribution >= 4 is 23.9 Å². The molecule has 13 heteroatoms. The normalized spacial score (nSPS) is 18.0. The predicted molar refractivity (Wildman–Crippen MR) is 141 cm³/mol. The first-order chi connectivity index (χ1) is 18.6. The van der Waals surface area contributed by atoms with E-state index in [2.05, 4.69) is 0 Å². The molecular weight excluding hydrogens is 512 g/mol. The number of aliphatic carboxylic acids is 4. The van der Waals surface area contributed by atoms with Crippen LogP contribution in [0.15, 0.2) is 24.3 Å². The third kappa shape index (κ3) is 12.4. The average Bonchev–Trinajstić information content (AvgIpc) is 2.86. The van der Waals surface area contributed by atoms with Gasteiger partial charge in [-0.05, 0) is 30.5 Å². The fourth-order valence-electron chi connectivity index (χ4n) is 4.45. The molecule has 1 aliphatic rings. The van der Waals surface area contributed by atoms with Crippen molar-refractivity contribution in [2.45, 2.75) is 25.8 Å². The highest BCUT2D eigenvalue weighted by Crippen LogP contribution is 2.16. The van der Waals surface area contributed by atoms with E-state index in [0.29, 0.717) is 12.4 Å². The number of hydrogen-bond donors (Lipinski definition) is 4. The van der Waals surface area contributed by atoms with Gasteiger partial charge in [-0.2, -0.15) is 0 Å². The van der Waals surface area contributed by atoms with Gasteiger partial charge in [-0.15, -0.1) is 0 Å². The Morgan fingerprint density at radius 1 is 0.718 bits per heavy atom. The Bertz CT molecular complexity index is 912. The molecule has 4 N–H and O–H groups in total. The first-order valence-corrected chi connectivity index (χ1v) is 13.1. The van der Waals surface area contributed by atoms with Crippen molar-refractivity contribution in [1.82, 2.24) is 19.6 Å². The Balaban J connectivity index is 2.26.